The third kappa shape index (κ3) is 4.96. The first-order valence-corrected chi connectivity index (χ1v) is 9.66. The maximum absolute atomic E-state index is 9.87. The third-order valence-corrected chi connectivity index (χ3v) is 4.78. The predicted octanol–water partition coefficient (Wildman–Crippen LogP) is 6.25. The highest BCUT2D eigenvalue weighted by molar-refractivity contribution is 5.67. The summed E-state index contributed by atoms with van der Waals surface area (Å²) >= 11 is 0. The van der Waals surface area contributed by atoms with E-state index in [1.54, 1.807) is 6.07 Å². The van der Waals surface area contributed by atoms with Gasteiger partial charge in [-0.1, -0.05) is 72.8 Å². The Morgan fingerprint density at radius 2 is 1.45 bits per heavy atom. The molecule has 0 fully saturated rings. The summed E-state index contributed by atoms with van der Waals surface area (Å²) in [6.07, 6.45) is 0. The molecule has 3 heteroatoms. The highest BCUT2D eigenvalue weighted by Crippen LogP contribution is 2.26. The van der Waals surface area contributed by atoms with Crippen LogP contribution in [0.3, 0.4) is 0 Å². The van der Waals surface area contributed by atoms with Gasteiger partial charge in [0.15, 0.2) is 0 Å². The van der Waals surface area contributed by atoms with Crippen LogP contribution in [0, 0.1) is 0 Å². The topological polar surface area (TPSA) is 41.5 Å². The highest BCUT2D eigenvalue weighted by atomic mass is 16.5. The first-order chi connectivity index (χ1) is 14.3. The third-order valence-electron chi connectivity index (χ3n) is 4.78. The van der Waals surface area contributed by atoms with Crippen LogP contribution in [0.1, 0.15) is 11.1 Å². The van der Waals surface area contributed by atoms with Gasteiger partial charge in [-0.3, -0.25) is 0 Å². The normalized spacial score (nSPS) is 10.5. The molecule has 2 N–H and O–H groups in total. The number of phenols is 1. The van der Waals surface area contributed by atoms with E-state index in [0.717, 1.165) is 33.7 Å². The number of hydrogen-bond acceptors (Lipinski definition) is 3. The Morgan fingerprint density at radius 1 is 0.690 bits per heavy atom. The van der Waals surface area contributed by atoms with Gasteiger partial charge in [-0.05, 0) is 47.0 Å². The molecule has 0 atom stereocenters. The molecule has 4 rings (SSSR count). The Morgan fingerprint density at radius 3 is 2.24 bits per heavy atom. The molecule has 0 radical (unpaired) electrons. The van der Waals surface area contributed by atoms with E-state index < -0.39 is 0 Å². The molecule has 0 unspecified atom stereocenters. The van der Waals surface area contributed by atoms with E-state index in [2.05, 4.69) is 41.7 Å². The summed E-state index contributed by atoms with van der Waals surface area (Å²) in [5.74, 6) is 1.16. The van der Waals surface area contributed by atoms with Gasteiger partial charge in [0.1, 0.15) is 18.1 Å². The van der Waals surface area contributed by atoms with Crippen LogP contribution in [-0.2, 0) is 13.2 Å². The Labute approximate surface area is 171 Å². The van der Waals surface area contributed by atoms with Crippen LogP contribution < -0.4 is 10.1 Å². The maximum atomic E-state index is 9.87. The Balaban J connectivity index is 1.40. The molecule has 0 aliphatic carbocycles. The molecule has 4 aromatic rings. The number of phenolic OH excluding ortho intramolecular Hbond substituents is 1. The first-order valence-electron chi connectivity index (χ1n) is 9.66. The van der Waals surface area contributed by atoms with Crippen LogP contribution in [0.25, 0.3) is 11.1 Å². The van der Waals surface area contributed by atoms with E-state index in [0.29, 0.717) is 18.9 Å². The van der Waals surface area contributed by atoms with Crippen LogP contribution in [0.4, 0.5) is 5.69 Å². The lowest BCUT2D eigenvalue weighted by molar-refractivity contribution is 0.306. The molecule has 0 saturated heterocycles. The summed E-state index contributed by atoms with van der Waals surface area (Å²) in [4.78, 5) is 0. The van der Waals surface area contributed by atoms with Crippen molar-refractivity contribution in [2.75, 3.05) is 5.32 Å². The van der Waals surface area contributed by atoms with Crippen molar-refractivity contribution in [3.8, 4) is 22.6 Å². The van der Waals surface area contributed by atoms with Gasteiger partial charge in [0.2, 0.25) is 0 Å². The van der Waals surface area contributed by atoms with E-state index in [9.17, 15) is 5.11 Å². The molecule has 0 spiro atoms. The van der Waals surface area contributed by atoms with Crippen molar-refractivity contribution in [3.05, 3.63) is 114 Å². The number of benzene rings is 4. The molecule has 3 nitrogen and oxygen atoms in total. The van der Waals surface area contributed by atoms with Crippen molar-refractivity contribution in [2.24, 2.45) is 0 Å². The second kappa shape index (κ2) is 8.98. The summed E-state index contributed by atoms with van der Waals surface area (Å²) < 4.78 is 5.94. The van der Waals surface area contributed by atoms with Crippen LogP contribution in [0.5, 0.6) is 11.5 Å². The van der Waals surface area contributed by atoms with Gasteiger partial charge < -0.3 is 15.2 Å². The largest absolute Gasteiger partial charge is 0.508 e. The molecule has 0 amide bonds. The lowest BCUT2D eigenvalue weighted by Gasteiger charge is -2.10. The molecule has 0 bridgehead atoms. The summed E-state index contributed by atoms with van der Waals surface area (Å²) in [5, 5.41) is 13.2. The lowest BCUT2D eigenvalue weighted by Crippen LogP contribution is -1.99. The van der Waals surface area contributed by atoms with E-state index in [1.807, 2.05) is 60.7 Å². The molecule has 4 aromatic carbocycles. The van der Waals surface area contributed by atoms with Crippen molar-refractivity contribution in [2.45, 2.75) is 13.2 Å². The number of anilines is 1. The Kier molecular flexibility index (Phi) is 5.77. The van der Waals surface area contributed by atoms with Crippen molar-refractivity contribution in [1.82, 2.24) is 0 Å². The van der Waals surface area contributed by atoms with E-state index in [1.165, 1.54) is 0 Å². The zero-order valence-corrected chi connectivity index (χ0v) is 16.1. The van der Waals surface area contributed by atoms with Crippen molar-refractivity contribution in [3.63, 3.8) is 0 Å². The number of ether oxygens (including phenoxy) is 1. The van der Waals surface area contributed by atoms with Gasteiger partial charge in [-0.2, -0.15) is 0 Å². The van der Waals surface area contributed by atoms with Gasteiger partial charge in [0, 0.05) is 17.8 Å². The molecular formula is C26H23NO2. The summed E-state index contributed by atoms with van der Waals surface area (Å²) in [7, 11) is 0. The van der Waals surface area contributed by atoms with Gasteiger partial charge in [-0.25, -0.2) is 0 Å². The Bertz CT molecular complexity index is 1060. The minimum absolute atomic E-state index is 0.309. The van der Waals surface area contributed by atoms with Crippen LogP contribution in [0.2, 0.25) is 0 Å². The van der Waals surface area contributed by atoms with Gasteiger partial charge in [0.05, 0.1) is 0 Å². The molecular weight excluding hydrogens is 358 g/mol. The van der Waals surface area contributed by atoms with E-state index >= 15 is 0 Å². The van der Waals surface area contributed by atoms with Gasteiger partial charge in [0.25, 0.3) is 0 Å². The lowest BCUT2D eigenvalue weighted by atomic mass is 10.0. The molecule has 144 valence electrons. The van der Waals surface area contributed by atoms with Crippen molar-refractivity contribution >= 4 is 5.69 Å². The fraction of sp³-hybridized carbons (Fsp3) is 0.0769. The van der Waals surface area contributed by atoms with Crippen molar-refractivity contribution < 1.29 is 9.84 Å². The number of para-hydroxylation sites is 1. The Hall–Kier alpha value is -3.72. The van der Waals surface area contributed by atoms with Crippen LogP contribution in [0.15, 0.2) is 103 Å². The quantitative estimate of drug-likeness (QED) is 0.397. The fourth-order valence-electron chi connectivity index (χ4n) is 3.14. The monoisotopic (exact) mass is 381 g/mol. The minimum Gasteiger partial charge on any atom is -0.508 e. The fourth-order valence-corrected chi connectivity index (χ4v) is 3.14. The number of aromatic hydroxyl groups is 1. The number of hydrogen-bond donors (Lipinski definition) is 2. The molecule has 0 aliphatic rings. The van der Waals surface area contributed by atoms with Gasteiger partial charge in [-0.15, -0.1) is 0 Å². The summed E-state index contributed by atoms with van der Waals surface area (Å²) in [5.41, 5.74) is 5.28. The highest BCUT2D eigenvalue weighted by Gasteiger charge is 2.03. The second-order valence-electron chi connectivity index (χ2n) is 6.86. The summed E-state index contributed by atoms with van der Waals surface area (Å²) in [6, 6.07) is 33.9. The van der Waals surface area contributed by atoms with E-state index in [4.69, 9.17) is 4.74 Å². The maximum Gasteiger partial charge on any atom is 0.120 e. The molecule has 0 aliphatic heterocycles. The second-order valence-corrected chi connectivity index (χ2v) is 6.86. The average Bonchev–Trinajstić information content (AvgIpc) is 2.78. The van der Waals surface area contributed by atoms with Crippen molar-refractivity contribution in [1.29, 1.82) is 0 Å². The molecule has 0 saturated carbocycles. The average molecular weight is 381 g/mol. The minimum atomic E-state index is 0.309. The van der Waals surface area contributed by atoms with Crippen LogP contribution in [-0.4, -0.2) is 5.11 Å². The number of rotatable bonds is 7. The zero-order valence-electron chi connectivity index (χ0n) is 16.1. The van der Waals surface area contributed by atoms with Gasteiger partial charge >= 0.3 is 0 Å². The molecule has 29 heavy (non-hydrogen) atoms. The predicted molar refractivity (Wildman–Crippen MR) is 118 cm³/mol. The smallest absolute Gasteiger partial charge is 0.120 e. The summed E-state index contributed by atoms with van der Waals surface area (Å²) in [6.45, 7) is 1.13. The SMILES string of the molecule is Oc1ccccc1CNc1ccc(-c2cccc(OCc3ccccc3)c2)cc1. The standard InChI is InChI=1S/C26H23NO2/c28-26-12-5-4-9-23(26)18-27-24-15-13-21(14-16-24)22-10-6-11-25(17-22)29-19-20-7-2-1-3-8-20/h1-17,27-28H,18-19H2. The zero-order chi connectivity index (χ0) is 19.9. The molecule has 0 aromatic heterocycles. The molecule has 0 heterocycles. The van der Waals surface area contributed by atoms with Crippen LogP contribution >= 0.6 is 0 Å². The number of nitrogens with one attached hydrogen (secondary N) is 1. The first kappa shape index (κ1) is 18.6. The van der Waals surface area contributed by atoms with E-state index in [-0.39, 0.29) is 0 Å².